The topological polar surface area (TPSA) is 70.2 Å². The van der Waals surface area contributed by atoms with Crippen LogP contribution < -0.4 is 0 Å². The molecule has 6 nitrogen and oxygen atoms in total. The SMILES string of the molecule is CCCc1ccc(CC(CC)C(CCC(CC)CC(C)=O)c2nc3cc(-c4c(C)noc4C)ccc3n2C2CCC(OC)CC2)cc1F. The van der Waals surface area contributed by atoms with Gasteiger partial charge in [0, 0.05) is 31.1 Å². The molecule has 1 aliphatic rings. The molecule has 0 N–H and O–H groups in total. The summed E-state index contributed by atoms with van der Waals surface area (Å²) in [5, 5.41) is 4.21. The maximum atomic E-state index is 15.2. The summed E-state index contributed by atoms with van der Waals surface area (Å²) in [4.78, 5) is 17.7. The van der Waals surface area contributed by atoms with Crippen molar-refractivity contribution >= 4 is 16.8 Å². The fraction of sp³-hybridized carbons (Fsp3) is 0.585. The van der Waals surface area contributed by atoms with Crippen LogP contribution in [0.2, 0.25) is 0 Å². The van der Waals surface area contributed by atoms with E-state index in [2.05, 4.69) is 54.8 Å². The van der Waals surface area contributed by atoms with E-state index in [0.29, 0.717) is 24.5 Å². The molecule has 2 aromatic heterocycles. The van der Waals surface area contributed by atoms with Gasteiger partial charge in [0.05, 0.1) is 22.8 Å². The molecule has 2 aromatic carbocycles. The van der Waals surface area contributed by atoms with Crippen molar-refractivity contribution in [2.24, 2.45) is 11.8 Å². The summed E-state index contributed by atoms with van der Waals surface area (Å²) in [6.07, 6.45) is 11.4. The number of hydrogen-bond acceptors (Lipinski definition) is 5. The first-order chi connectivity index (χ1) is 23.2. The van der Waals surface area contributed by atoms with Crippen molar-refractivity contribution in [1.29, 1.82) is 0 Å². The third-order valence-electron chi connectivity index (χ3n) is 11.0. The highest BCUT2D eigenvalue weighted by Crippen LogP contribution is 2.42. The molecule has 0 saturated heterocycles. The molecule has 3 atom stereocenters. The largest absolute Gasteiger partial charge is 0.381 e. The number of hydrogen-bond donors (Lipinski definition) is 0. The summed E-state index contributed by atoms with van der Waals surface area (Å²) in [7, 11) is 1.82. The summed E-state index contributed by atoms with van der Waals surface area (Å²) < 4.78 is 29.0. The minimum absolute atomic E-state index is 0.0951. The molecule has 1 fully saturated rings. The first kappa shape index (κ1) is 36.0. The first-order valence-corrected chi connectivity index (χ1v) is 18.4. The summed E-state index contributed by atoms with van der Waals surface area (Å²) in [6, 6.07) is 12.8. The lowest BCUT2D eigenvalue weighted by molar-refractivity contribution is -0.118. The number of imidazole rings is 1. The molecule has 7 heteroatoms. The molecular formula is C41H56FN3O3. The molecule has 260 valence electrons. The third-order valence-corrected chi connectivity index (χ3v) is 11.0. The van der Waals surface area contributed by atoms with E-state index in [9.17, 15) is 4.79 Å². The van der Waals surface area contributed by atoms with E-state index in [4.69, 9.17) is 14.2 Å². The van der Waals surface area contributed by atoms with Gasteiger partial charge in [-0.3, -0.25) is 0 Å². The highest BCUT2D eigenvalue weighted by Gasteiger charge is 2.33. The second kappa shape index (κ2) is 16.4. The van der Waals surface area contributed by atoms with Crippen LogP contribution in [0, 0.1) is 31.5 Å². The van der Waals surface area contributed by atoms with E-state index in [1.165, 1.54) is 0 Å². The number of rotatable bonds is 16. The Morgan fingerprint density at radius 2 is 1.81 bits per heavy atom. The van der Waals surface area contributed by atoms with Crippen LogP contribution in [0.25, 0.3) is 22.2 Å². The van der Waals surface area contributed by atoms with Crippen molar-refractivity contribution in [3.05, 3.63) is 70.6 Å². The second-order valence-electron chi connectivity index (χ2n) is 14.3. The van der Waals surface area contributed by atoms with Gasteiger partial charge in [0.1, 0.15) is 23.2 Å². The van der Waals surface area contributed by atoms with Crippen LogP contribution in [0.15, 0.2) is 40.9 Å². The molecule has 0 spiro atoms. The molecule has 3 unspecified atom stereocenters. The van der Waals surface area contributed by atoms with E-state index in [1.807, 2.05) is 27.0 Å². The number of fused-ring (bicyclic) bond motifs is 1. The minimum atomic E-state index is -0.0951. The monoisotopic (exact) mass is 657 g/mol. The van der Waals surface area contributed by atoms with E-state index in [1.54, 1.807) is 13.0 Å². The van der Waals surface area contributed by atoms with Gasteiger partial charge in [0.15, 0.2) is 0 Å². The maximum absolute atomic E-state index is 15.2. The highest BCUT2D eigenvalue weighted by atomic mass is 19.1. The number of Topliss-reactive ketones (excluding diaryl/α,β-unsaturated/α-hetero) is 1. The number of aromatic nitrogens is 3. The zero-order valence-electron chi connectivity index (χ0n) is 30.3. The smallest absolute Gasteiger partial charge is 0.141 e. The fourth-order valence-electron chi connectivity index (χ4n) is 8.26. The zero-order chi connectivity index (χ0) is 34.4. The van der Waals surface area contributed by atoms with E-state index in [0.717, 1.165) is 121 Å². The summed E-state index contributed by atoms with van der Waals surface area (Å²) in [6.45, 7) is 12.2. The van der Waals surface area contributed by atoms with Crippen molar-refractivity contribution in [2.75, 3.05) is 7.11 Å². The number of carbonyl (C=O) groups excluding carboxylic acids is 1. The van der Waals surface area contributed by atoms with Crippen molar-refractivity contribution in [1.82, 2.24) is 14.7 Å². The molecule has 2 heterocycles. The number of aryl methyl sites for hydroxylation is 3. The van der Waals surface area contributed by atoms with Crippen molar-refractivity contribution in [3.8, 4) is 11.1 Å². The average Bonchev–Trinajstić information content (AvgIpc) is 3.62. The number of nitrogens with zero attached hydrogens (tertiary/aromatic N) is 3. The summed E-state index contributed by atoms with van der Waals surface area (Å²) in [5.41, 5.74) is 6.96. The second-order valence-corrected chi connectivity index (χ2v) is 14.3. The van der Waals surface area contributed by atoms with Gasteiger partial charge in [0.25, 0.3) is 0 Å². The number of methoxy groups -OCH3 is 1. The van der Waals surface area contributed by atoms with Crippen molar-refractivity contribution in [3.63, 3.8) is 0 Å². The van der Waals surface area contributed by atoms with Crippen LogP contribution in [0.5, 0.6) is 0 Å². The fourth-order valence-corrected chi connectivity index (χ4v) is 8.26. The predicted octanol–water partition coefficient (Wildman–Crippen LogP) is 10.7. The van der Waals surface area contributed by atoms with Gasteiger partial charge < -0.3 is 18.6 Å². The van der Waals surface area contributed by atoms with Crippen molar-refractivity contribution in [2.45, 2.75) is 137 Å². The molecule has 0 aliphatic heterocycles. The van der Waals surface area contributed by atoms with Gasteiger partial charge in [-0.1, -0.05) is 63.4 Å². The Morgan fingerprint density at radius 3 is 2.42 bits per heavy atom. The van der Waals surface area contributed by atoms with Crippen LogP contribution in [0.4, 0.5) is 4.39 Å². The Labute approximate surface area is 286 Å². The molecule has 0 radical (unpaired) electrons. The zero-order valence-corrected chi connectivity index (χ0v) is 30.3. The Kier molecular flexibility index (Phi) is 12.3. The normalized spacial score (nSPS) is 18.7. The average molecular weight is 658 g/mol. The van der Waals surface area contributed by atoms with Crippen LogP contribution >= 0.6 is 0 Å². The van der Waals surface area contributed by atoms with E-state index in [-0.39, 0.29) is 23.4 Å². The van der Waals surface area contributed by atoms with Crippen LogP contribution in [0.1, 0.15) is 132 Å². The lowest BCUT2D eigenvalue weighted by atomic mass is 9.79. The summed E-state index contributed by atoms with van der Waals surface area (Å²) >= 11 is 0. The van der Waals surface area contributed by atoms with Crippen molar-refractivity contribution < 1.29 is 18.4 Å². The first-order valence-electron chi connectivity index (χ1n) is 18.4. The maximum Gasteiger partial charge on any atom is 0.141 e. The number of halogens is 1. The molecular weight excluding hydrogens is 601 g/mol. The predicted molar refractivity (Wildman–Crippen MR) is 192 cm³/mol. The summed E-state index contributed by atoms with van der Waals surface area (Å²) in [5.74, 6) is 2.86. The molecule has 48 heavy (non-hydrogen) atoms. The third kappa shape index (κ3) is 8.10. The molecule has 1 saturated carbocycles. The van der Waals surface area contributed by atoms with E-state index < -0.39 is 0 Å². The van der Waals surface area contributed by atoms with Gasteiger partial charge >= 0.3 is 0 Å². The molecule has 0 bridgehead atoms. The standard InChI is InChI=1S/C41H56FN3O3/c1-8-11-32-14-12-30(24-37(32)42)23-31(10-3)36(20-13-29(9-2)22-26(4)46)41-43-38-25-33(40-27(5)44-48-28(40)6)15-21-39(38)45(41)34-16-18-35(47-7)19-17-34/h12,14-15,21,24-25,29,31,34-36H,8-11,13,16-20,22-23H2,1-7H3. The Hall–Kier alpha value is -3.32. The van der Waals surface area contributed by atoms with Crippen LogP contribution in [0.3, 0.4) is 0 Å². The Balaban J connectivity index is 1.61. The molecule has 1 aliphatic carbocycles. The quantitative estimate of drug-likeness (QED) is 0.120. The van der Waals surface area contributed by atoms with Gasteiger partial charge in [-0.05, 0) is 119 Å². The number of ether oxygens (including phenoxy) is 1. The molecule has 5 rings (SSSR count). The lowest BCUT2D eigenvalue weighted by Gasteiger charge is -2.33. The van der Waals surface area contributed by atoms with Gasteiger partial charge in [-0.2, -0.15) is 0 Å². The highest BCUT2D eigenvalue weighted by molar-refractivity contribution is 5.84. The van der Waals surface area contributed by atoms with E-state index >= 15 is 4.39 Å². The minimum Gasteiger partial charge on any atom is -0.381 e. The van der Waals surface area contributed by atoms with Gasteiger partial charge in [0.2, 0.25) is 0 Å². The molecule has 4 aromatic rings. The number of carbonyl (C=O) groups is 1. The number of ketones is 1. The Morgan fingerprint density at radius 1 is 1.04 bits per heavy atom. The van der Waals surface area contributed by atoms with Gasteiger partial charge in [-0.25, -0.2) is 9.37 Å². The van der Waals surface area contributed by atoms with Gasteiger partial charge in [-0.15, -0.1) is 0 Å². The molecule has 0 amide bonds. The number of benzene rings is 2. The van der Waals surface area contributed by atoms with Crippen LogP contribution in [-0.4, -0.2) is 33.7 Å². The van der Waals surface area contributed by atoms with Crippen LogP contribution in [-0.2, 0) is 22.4 Å². The lowest BCUT2D eigenvalue weighted by Crippen LogP contribution is -2.26. The Bertz CT molecular complexity index is 1650.